The summed E-state index contributed by atoms with van der Waals surface area (Å²) in [5, 5.41) is 3.01. The first-order valence-corrected chi connectivity index (χ1v) is 13.0. The number of ketones is 1. The molecular weight excluding hydrogens is 458 g/mol. The normalized spacial score (nSPS) is 13.8. The monoisotopic (exact) mass is 481 g/mol. The molecule has 4 heterocycles. The highest BCUT2D eigenvalue weighted by Crippen LogP contribution is 2.45. The summed E-state index contributed by atoms with van der Waals surface area (Å²) in [6, 6.07) is 22.1. The SMILES string of the molecule is CN1CCc2nc3sc(C(=O)c4ccc(-c5ccccc5)cc4)c(N)c3c(-c3cccs3)c2C1. The van der Waals surface area contributed by atoms with E-state index in [1.807, 2.05) is 42.5 Å². The summed E-state index contributed by atoms with van der Waals surface area (Å²) in [5.41, 5.74) is 13.6. The van der Waals surface area contributed by atoms with Crippen LogP contribution in [0, 0.1) is 0 Å². The zero-order valence-electron chi connectivity index (χ0n) is 18.7. The minimum atomic E-state index is -0.0488. The number of rotatable bonds is 4. The van der Waals surface area contributed by atoms with Gasteiger partial charge in [-0.05, 0) is 35.2 Å². The number of thiophene rings is 2. The number of hydrogen-bond donors (Lipinski definition) is 1. The van der Waals surface area contributed by atoms with Gasteiger partial charge in [0.05, 0.1) is 5.69 Å². The maximum atomic E-state index is 13.6. The molecule has 5 aromatic rings. The largest absolute Gasteiger partial charge is 0.397 e. The van der Waals surface area contributed by atoms with Gasteiger partial charge in [-0.3, -0.25) is 4.79 Å². The molecule has 0 fully saturated rings. The summed E-state index contributed by atoms with van der Waals surface area (Å²) >= 11 is 3.12. The number of anilines is 1. The molecule has 168 valence electrons. The molecule has 0 spiro atoms. The van der Waals surface area contributed by atoms with Crippen molar-refractivity contribution in [1.29, 1.82) is 0 Å². The van der Waals surface area contributed by atoms with Gasteiger partial charge in [0.15, 0.2) is 0 Å². The molecule has 34 heavy (non-hydrogen) atoms. The lowest BCUT2D eigenvalue weighted by Gasteiger charge is -2.26. The number of nitrogens with two attached hydrogens (primary N) is 1. The van der Waals surface area contributed by atoms with Crippen LogP contribution in [-0.4, -0.2) is 29.3 Å². The number of nitrogen functional groups attached to an aromatic ring is 1. The third-order valence-corrected chi connectivity index (χ3v) is 8.44. The van der Waals surface area contributed by atoms with Crippen LogP contribution in [0.15, 0.2) is 72.1 Å². The van der Waals surface area contributed by atoms with E-state index in [4.69, 9.17) is 10.7 Å². The molecule has 0 saturated carbocycles. The number of hydrogen-bond acceptors (Lipinski definition) is 6. The van der Waals surface area contributed by atoms with Gasteiger partial charge in [-0.2, -0.15) is 0 Å². The molecule has 3 aromatic heterocycles. The fourth-order valence-electron chi connectivity index (χ4n) is 4.70. The second-order valence-corrected chi connectivity index (χ2v) is 10.6. The Morgan fingerprint density at radius 3 is 2.50 bits per heavy atom. The van der Waals surface area contributed by atoms with Crippen LogP contribution in [-0.2, 0) is 13.0 Å². The van der Waals surface area contributed by atoms with Gasteiger partial charge in [-0.25, -0.2) is 4.98 Å². The Kier molecular flexibility index (Phi) is 5.29. The van der Waals surface area contributed by atoms with E-state index < -0.39 is 0 Å². The lowest BCUT2D eigenvalue weighted by atomic mass is 9.95. The fraction of sp³-hybridized carbons (Fsp3) is 0.143. The van der Waals surface area contributed by atoms with E-state index in [9.17, 15) is 4.79 Å². The summed E-state index contributed by atoms with van der Waals surface area (Å²) in [7, 11) is 2.14. The third kappa shape index (κ3) is 3.55. The van der Waals surface area contributed by atoms with Gasteiger partial charge in [0.1, 0.15) is 9.71 Å². The van der Waals surface area contributed by atoms with E-state index in [-0.39, 0.29) is 5.78 Å². The fourth-order valence-corrected chi connectivity index (χ4v) is 6.59. The summed E-state index contributed by atoms with van der Waals surface area (Å²) in [6.45, 7) is 1.82. The van der Waals surface area contributed by atoms with Crippen LogP contribution in [0.5, 0.6) is 0 Å². The van der Waals surface area contributed by atoms with E-state index in [1.165, 1.54) is 21.8 Å². The number of benzene rings is 2. The van der Waals surface area contributed by atoms with Crippen LogP contribution < -0.4 is 5.73 Å². The van der Waals surface area contributed by atoms with E-state index in [2.05, 4.69) is 41.6 Å². The summed E-state index contributed by atoms with van der Waals surface area (Å²) in [6.07, 6.45) is 0.905. The Balaban J connectivity index is 1.47. The van der Waals surface area contributed by atoms with Crippen molar-refractivity contribution in [3.05, 3.63) is 93.8 Å². The average Bonchev–Trinajstić information content (AvgIpc) is 3.51. The topological polar surface area (TPSA) is 59.2 Å². The van der Waals surface area contributed by atoms with Crippen molar-refractivity contribution in [2.75, 3.05) is 19.3 Å². The zero-order chi connectivity index (χ0) is 23.2. The summed E-state index contributed by atoms with van der Waals surface area (Å²) < 4.78 is 0. The Morgan fingerprint density at radius 1 is 1.00 bits per heavy atom. The molecule has 2 N–H and O–H groups in total. The van der Waals surface area contributed by atoms with Gasteiger partial charge >= 0.3 is 0 Å². The molecule has 1 aliphatic rings. The smallest absolute Gasteiger partial charge is 0.205 e. The molecule has 6 heteroatoms. The maximum absolute atomic E-state index is 13.6. The summed E-state index contributed by atoms with van der Waals surface area (Å²) in [4.78, 5) is 23.5. The lowest BCUT2D eigenvalue weighted by molar-refractivity contribution is 0.104. The first-order valence-electron chi connectivity index (χ1n) is 11.3. The van der Waals surface area contributed by atoms with Crippen LogP contribution >= 0.6 is 22.7 Å². The van der Waals surface area contributed by atoms with Crippen molar-refractivity contribution in [2.45, 2.75) is 13.0 Å². The molecule has 0 bridgehead atoms. The van der Waals surface area contributed by atoms with Crippen LogP contribution in [0.2, 0.25) is 0 Å². The average molecular weight is 482 g/mol. The number of carbonyl (C=O) groups excluding carboxylic acids is 1. The second kappa shape index (κ2) is 8.47. The number of nitrogens with zero attached hydrogens (tertiary/aromatic N) is 2. The molecule has 1 aliphatic heterocycles. The second-order valence-electron chi connectivity index (χ2n) is 8.67. The minimum absolute atomic E-state index is 0.0488. The van der Waals surface area contributed by atoms with E-state index in [0.29, 0.717) is 16.1 Å². The number of pyridine rings is 1. The highest BCUT2D eigenvalue weighted by Gasteiger charge is 2.27. The maximum Gasteiger partial charge on any atom is 0.205 e. The molecular formula is C28H23N3OS2. The van der Waals surface area contributed by atoms with Crippen molar-refractivity contribution in [3.63, 3.8) is 0 Å². The van der Waals surface area contributed by atoms with Crippen LogP contribution in [0.4, 0.5) is 5.69 Å². The Labute approximate surface area is 206 Å². The highest BCUT2D eigenvalue weighted by atomic mass is 32.1. The Morgan fingerprint density at radius 2 is 1.76 bits per heavy atom. The van der Waals surface area contributed by atoms with Gasteiger partial charge < -0.3 is 10.6 Å². The number of carbonyl (C=O) groups is 1. The molecule has 0 amide bonds. The minimum Gasteiger partial charge on any atom is -0.397 e. The highest BCUT2D eigenvalue weighted by molar-refractivity contribution is 7.21. The molecule has 6 rings (SSSR count). The van der Waals surface area contributed by atoms with Crippen molar-refractivity contribution in [3.8, 4) is 21.6 Å². The quantitative estimate of drug-likeness (QED) is 0.298. The Hall–Kier alpha value is -3.32. The first kappa shape index (κ1) is 21.2. The van der Waals surface area contributed by atoms with E-state index in [0.717, 1.165) is 52.1 Å². The van der Waals surface area contributed by atoms with Crippen molar-refractivity contribution < 1.29 is 4.79 Å². The van der Waals surface area contributed by atoms with Gasteiger partial charge in [0.2, 0.25) is 5.78 Å². The number of aromatic nitrogens is 1. The molecule has 2 aromatic carbocycles. The predicted octanol–water partition coefficient (Wildman–Crippen LogP) is 6.49. The lowest BCUT2D eigenvalue weighted by Crippen LogP contribution is -2.27. The van der Waals surface area contributed by atoms with Gasteiger partial charge in [-0.1, -0.05) is 60.7 Å². The molecule has 0 unspecified atom stereocenters. The van der Waals surface area contributed by atoms with Gasteiger partial charge in [0.25, 0.3) is 0 Å². The standard InChI is InChI=1S/C28H23N3OS2/c1-31-14-13-21-20(16-31)23(22-8-5-15-33-22)24-25(29)27(34-28(24)30-21)26(32)19-11-9-18(10-12-19)17-6-3-2-4-7-17/h2-12,15H,13-14,16,29H2,1H3. The first-order chi connectivity index (χ1) is 16.6. The van der Waals surface area contributed by atoms with Gasteiger partial charge in [-0.15, -0.1) is 22.7 Å². The van der Waals surface area contributed by atoms with E-state index >= 15 is 0 Å². The molecule has 0 radical (unpaired) electrons. The summed E-state index contributed by atoms with van der Waals surface area (Å²) in [5.74, 6) is -0.0488. The molecule has 0 aliphatic carbocycles. The third-order valence-electron chi connectivity index (χ3n) is 6.45. The van der Waals surface area contributed by atoms with Crippen LogP contribution in [0.3, 0.4) is 0 Å². The van der Waals surface area contributed by atoms with E-state index in [1.54, 1.807) is 11.3 Å². The van der Waals surface area contributed by atoms with Gasteiger partial charge in [0, 0.05) is 46.6 Å². The molecule has 0 atom stereocenters. The number of likely N-dealkylation sites (N-methyl/N-ethyl adjacent to an activating group) is 1. The Bertz CT molecular complexity index is 1500. The van der Waals surface area contributed by atoms with Crippen LogP contribution in [0.25, 0.3) is 31.8 Å². The van der Waals surface area contributed by atoms with Crippen molar-refractivity contribution in [2.24, 2.45) is 0 Å². The molecule has 0 saturated heterocycles. The number of fused-ring (bicyclic) bond motifs is 2. The predicted molar refractivity (Wildman–Crippen MR) is 143 cm³/mol. The van der Waals surface area contributed by atoms with Crippen LogP contribution in [0.1, 0.15) is 26.5 Å². The van der Waals surface area contributed by atoms with Crippen molar-refractivity contribution >= 4 is 44.4 Å². The zero-order valence-corrected chi connectivity index (χ0v) is 20.4. The van der Waals surface area contributed by atoms with Crippen molar-refractivity contribution in [1.82, 2.24) is 9.88 Å². The molecule has 4 nitrogen and oxygen atoms in total.